The Kier molecular flexibility index (Phi) is 5.10. The van der Waals surface area contributed by atoms with Gasteiger partial charge in [-0.25, -0.2) is 0 Å². The van der Waals surface area contributed by atoms with E-state index in [1.807, 2.05) is 25.1 Å². The van der Waals surface area contributed by atoms with E-state index in [-0.39, 0.29) is 5.78 Å². The second-order valence-electron chi connectivity index (χ2n) is 4.26. The molecule has 108 valence electrons. The predicted octanol–water partition coefficient (Wildman–Crippen LogP) is 3.39. The Balaban J connectivity index is 2.17. The van der Waals surface area contributed by atoms with E-state index < -0.39 is 0 Å². The first-order valence-electron chi connectivity index (χ1n) is 6.69. The molecular weight excluding hydrogens is 266 g/mol. The smallest absolute Gasteiger partial charge is 0.204 e. The fourth-order valence-electron chi connectivity index (χ4n) is 1.83. The van der Waals surface area contributed by atoms with Gasteiger partial charge >= 0.3 is 0 Å². The molecule has 0 saturated heterocycles. The lowest BCUT2D eigenvalue weighted by atomic mass is 10.1. The number of nitrogens with zero attached hydrogens (tertiary/aromatic N) is 1. The summed E-state index contributed by atoms with van der Waals surface area (Å²) >= 11 is 0. The molecule has 0 amide bonds. The monoisotopic (exact) mass is 283 g/mol. The second kappa shape index (κ2) is 7.24. The first kappa shape index (κ1) is 14.8. The van der Waals surface area contributed by atoms with Crippen LogP contribution in [0, 0.1) is 0 Å². The molecule has 4 nitrogen and oxygen atoms in total. The first-order valence-corrected chi connectivity index (χ1v) is 6.69. The maximum absolute atomic E-state index is 11.9. The van der Waals surface area contributed by atoms with Crippen molar-refractivity contribution in [3.05, 3.63) is 59.9 Å². The number of ketones is 1. The molecule has 0 aliphatic rings. The summed E-state index contributed by atoms with van der Waals surface area (Å²) in [4.78, 5) is 16.0. The molecule has 2 aromatic rings. The molecule has 4 heteroatoms. The van der Waals surface area contributed by atoms with Crippen molar-refractivity contribution in [3.63, 3.8) is 0 Å². The zero-order valence-electron chi connectivity index (χ0n) is 12.1. The number of carbonyl (C=O) groups is 1. The molecule has 0 atom stereocenters. The number of hydrogen-bond donors (Lipinski definition) is 0. The van der Waals surface area contributed by atoms with E-state index in [0.29, 0.717) is 23.8 Å². The van der Waals surface area contributed by atoms with E-state index in [0.717, 1.165) is 5.56 Å². The lowest BCUT2D eigenvalue weighted by Gasteiger charge is -2.09. The van der Waals surface area contributed by atoms with Crippen molar-refractivity contribution < 1.29 is 14.3 Å². The van der Waals surface area contributed by atoms with Crippen LogP contribution < -0.4 is 9.47 Å². The molecule has 0 aliphatic carbocycles. The van der Waals surface area contributed by atoms with Gasteiger partial charge in [0.2, 0.25) is 5.78 Å². The molecule has 0 radical (unpaired) electrons. The van der Waals surface area contributed by atoms with Gasteiger partial charge in [0.25, 0.3) is 0 Å². The quantitative estimate of drug-likeness (QED) is 0.602. The van der Waals surface area contributed by atoms with Gasteiger partial charge < -0.3 is 9.47 Å². The third-order valence-corrected chi connectivity index (χ3v) is 2.83. The zero-order valence-corrected chi connectivity index (χ0v) is 12.1. The van der Waals surface area contributed by atoms with Crippen molar-refractivity contribution in [2.45, 2.75) is 6.92 Å². The van der Waals surface area contributed by atoms with E-state index in [4.69, 9.17) is 9.47 Å². The van der Waals surface area contributed by atoms with Crippen LogP contribution in [0.1, 0.15) is 23.0 Å². The molecule has 0 spiro atoms. The Morgan fingerprint density at radius 3 is 2.76 bits per heavy atom. The number of rotatable bonds is 6. The molecule has 0 fully saturated rings. The van der Waals surface area contributed by atoms with Gasteiger partial charge in [-0.3, -0.25) is 9.78 Å². The average Bonchev–Trinajstić information content (AvgIpc) is 2.54. The summed E-state index contributed by atoms with van der Waals surface area (Å²) in [5, 5.41) is 0. The van der Waals surface area contributed by atoms with Crippen LogP contribution in [0.15, 0.2) is 48.7 Å². The Labute approximate surface area is 124 Å². The van der Waals surface area contributed by atoms with Crippen molar-refractivity contribution in [1.29, 1.82) is 0 Å². The average molecular weight is 283 g/mol. The molecule has 0 bridgehead atoms. The molecule has 1 aromatic heterocycles. The topological polar surface area (TPSA) is 48.4 Å². The van der Waals surface area contributed by atoms with Crippen LogP contribution in [0.5, 0.6) is 11.5 Å². The van der Waals surface area contributed by atoms with Crippen LogP contribution in [0.4, 0.5) is 0 Å². The highest BCUT2D eigenvalue weighted by Crippen LogP contribution is 2.28. The van der Waals surface area contributed by atoms with E-state index in [2.05, 4.69) is 4.98 Å². The number of aromatic nitrogens is 1. The van der Waals surface area contributed by atoms with Crippen molar-refractivity contribution in [2.75, 3.05) is 13.7 Å². The van der Waals surface area contributed by atoms with Crippen molar-refractivity contribution in [2.24, 2.45) is 0 Å². The van der Waals surface area contributed by atoms with Gasteiger partial charge in [-0.1, -0.05) is 18.2 Å². The minimum Gasteiger partial charge on any atom is -0.493 e. The van der Waals surface area contributed by atoms with Gasteiger partial charge in [-0.05, 0) is 42.8 Å². The normalized spacial score (nSPS) is 10.6. The standard InChI is InChI=1S/C17H17NO3/c1-3-21-17-12-13(8-10-16(17)20-2)7-9-15(19)14-6-4-5-11-18-14/h4-12H,3H2,1-2H3/b9-7+. The molecule has 0 aliphatic heterocycles. The van der Waals surface area contributed by atoms with Crippen LogP contribution in [0.2, 0.25) is 0 Å². The number of allylic oxidation sites excluding steroid dienone is 1. The maximum Gasteiger partial charge on any atom is 0.204 e. The van der Waals surface area contributed by atoms with Gasteiger partial charge in [-0.15, -0.1) is 0 Å². The number of benzene rings is 1. The van der Waals surface area contributed by atoms with Gasteiger partial charge in [0.1, 0.15) is 5.69 Å². The maximum atomic E-state index is 11.9. The lowest BCUT2D eigenvalue weighted by molar-refractivity contribution is 0.104. The highest BCUT2D eigenvalue weighted by Gasteiger charge is 2.05. The van der Waals surface area contributed by atoms with Gasteiger partial charge in [0, 0.05) is 6.20 Å². The summed E-state index contributed by atoms with van der Waals surface area (Å²) in [7, 11) is 1.60. The number of ether oxygens (including phenoxy) is 2. The molecule has 1 aromatic carbocycles. The van der Waals surface area contributed by atoms with E-state index in [1.54, 1.807) is 37.6 Å². The molecule has 2 rings (SSSR count). The number of methoxy groups -OCH3 is 1. The summed E-state index contributed by atoms with van der Waals surface area (Å²) in [5.74, 6) is 1.20. The van der Waals surface area contributed by atoms with Crippen molar-refractivity contribution in [3.8, 4) is 11.5 Å². The van der Waals surface area contributed by atoms with Crippen molar-refractivity contribution >= 4 is 11.9 Å². The number of hydrogen-bond acceptors (Lipinski definition) is 4. The van der Waals surface area contributed by atoms with Crippen LogP contribution in [0.25, 0.3) is 6.08 Å². The summed E-state index contributed by atoms with van der Waals surface area (Å²) in [5.41, 5.74) is 1.29. The summed E-state index contributed by atoms with van der Waals surface area (Å²) < 4.78 is 10.7. The van der Waals surface area contributed by atoms with Gasteiger partial charge in [0.15, 0.2) is 11.5 Å². The van der Waals surface area contributed by atoms with Crippen LogP contribution in [-0.2, 0) is 0 Å². The van der Waals surface area contributed by atoms with Crippen molar-refractivity contribution in [1.82, 2.24) is 4.98 Å². The fourth-order valence-corrected chi connectivity index (χ4v) is 1.83. The Morgan fingerprint density at radius 1 is 1.24 bits per heavy atom. The molecular formula is C17H17NO3. The molecule has 0 N–H and O–H groups in total. The number of pyridine rings is 1. The van der Waals surface area contributed by atoms with E-state index in [1.165, 1.54) is 6.08 Å². The highest BCUT2D eigenvalue weighted by molar-refractivity contribution is 6.05. The van der Waals surface area contributed by atoms with Gasteiger partial charge in [-0.2, -0.15) is 0 Å². The lowest BCUT2D eigenvalue weighted by Crippen LogP contribution is -1.97. The van der Waals surface area contributed by atoms with E-state index in [9.17, 15) is 4.79 Å². The molecule has 21 heavy (non-hydrogen) atoms. The first-order chi connectivity index (χ1) is 10.2. The third-order valence-electron chi connectivity index (χ3n) is 2.83. The predicted molar refractivity (Wildman–Crippen MR) is 81.8 cm³/mol. The summed E-state index contributed by atoms with van der Waals surface area (Å²) in [6.45, 7) is 2.46. The van der Waals surface area contributed by atoms with E-state index >= 15 is 0 Å². The third kappa shape index (κ3) is 3.92. The van der Waals surface area contributed by atoms with Gasteiger partial charge in [0.05, 0.1) is 13.7 Å². The molecule has 0 saturated carbocycles. The minimum atomic E-state index is -0.135. The zero-order chi connectivity index (χ0) is 15.1. The van der Waals surface area contributed by atoms with Crippen LogP contribution in [0.3, 0.4) is 0 Å². The van der Waals surface area contributed by atoms with Crippen LogP contribution >= 0.6 is 0 Å². The molecule has 1 heterocycles. The summed E-state index contributed by atoms with van der Waals surface area (Å²) in [6, 6.07) is 10.8. The molecule has 0 unspecified atom stereocenters. The minimum absolute atomic E-state index is 0.135. The largest absolute Gasteiger partial charge is 0.493 e. The Morgan fingerprint density at radius 2 is 2.10 bits per heavy atom. The Bertz CT molecular complexity index is 636. The Hall–Kier alpha value is -2.62. The second-order valence-corrected chi connectivity index (χ2v) is 4.26. The highest BCUT2D eigenvalue weighted by atomic mass is 16.5. The fraction of sp³-hybridized carbons (Fsp3) is 0.176. The van der Waals surface area contributed by atoms with Crippen LogP contribution in [-0.4, -0.2) is 24.5 Å². The SMILES string of the molecule is CCOc1cc(/C=C/C(=O)c2ccccn2)ccc1OC. The summed E-state index contributed by atoms with van der Waals surface area (Å²) in [6.07, 6.45) is 4.83. The number of carbonyl (C=O) groups excluding carboxylic acids is 1.